The average Bonchev–Trinajstić information content (AvgIpc) is 3.18. The fourth-order valence-electron chi connectivity index (χ4n) is 9.88. The zero-order chi connectivity index (χ0) is 29.9. The molecule has 12 heteroatoms. The van der Waals surface area contributed by atoms with Crippen molar-refractivity contribution < 1.29 is 49.1 Å². The highest BCUT2D eigenvalue weighted by Crippen LogP contribution is 2.68. The van der Waals surface area contributed by atoms with E-state index in [4.69, 9.17) is 10.7 Å². The van der Waals surface area contributed by atoms with E-state index in [1.807, 2.05) is 6.92 Å². The minimum absolute atomic E-state index is 0.00409. The highest BCUT2D eigenvalue weighted by molar-refractivity contribution is 5.10. The molecule has 3 nitrogen and oxygen atoms in total. The largest absolute Gasteiger partial charge is 0.435 e. The first kappa shape index (κ1) is 32.2. The molecule has 4 aliphatic rings. The summed E-state index contributed by atoms with van der Waals surface area (Å²) in [5, 5.41) is 0. The maximum Gasteiger partial charge on any atom is 0.435 e. The molecule has 0 spiro atoms. The van der Waals surface area contributed by atoms with Crippen LogP contribution in [0.3, 0.4) is 0 Å². The Labute approximate surface area is 230 Å². The lowest BCUT2D eigenvalue weighted by Gasteiger charge is -2.61. The van der Waals surface area contributed by atoms with Gasteiger partial charge in [-0.1, -0.05) is 20.8 Å². The first-order chi connectivity index (χ1) is 18.3. The van der Waals surface area contributed by atoms with Crippen LogP contribution >= 0.6 is 0 Å². The van der Waals surface area contributed by atoms with Gasteiger partial charge in [0.25, 0.3) is 0 Å². The Hall–Kier alpha value is -0.750. The Bertz CT molecular complexity index is 854. The minimum atomic E-state index is -6.69. The molecule has 0 aliphatic heterocycles. The second-order valence-corrected chi connectivity index (χ2v) is 13.6. The fraction of sp³-hybridized carbons (Fsp3) is 1.00. The second-order valence-electron chi connectivity index (χ2n) is 13.6. The van der Waals surface area contributed by atoms with Gasteiger partial charge in [-0.25, -0.2) is 5.90 Å². The summed E-state index contributed by atoms with van der Waals surface area (Å²) in [5.41, 5.74) is -5.96. The van der Waals surface area contributed by atoms with Crippen molar-refractivity contribution in [3.05, 3.63) is 0 Å². The van der Waals surface area contributed by atoms with Gasteiger partial charge in [0.15, 0.2) is 0 Å². The average molecular weight is 596 g/mol. The van der Waals surface area contributed by atoms with Gasteiger partial charge in [0.05, 0.1) is 6.10 Å². The number of ether oxygens (including phenoxy) is 1. The number of hydrogen-bond acceptors (Lipinski definition) is 3. The van der Waals surface area contributed by atoms with Crippen LogP contribution in [-0.4, -0.2) is 36.8 Å². The van der Waals surface area contributed by atoms with Gasteiger partial charge < -0.3 is 9.57 Å². The summed E-state index contributed by atoms with van der Waals surface area (Å²) in [5.74, 6) is 7.89. The maximum absolute atomic E-state index is 13.2. The van der Waals surface area contributed by atoms with Crippen molar-refractivity contribution in [2.45, 2.75) is 122 Å². The van der Waals surface area contributed by atoms with Crippen molar-refractivity contribution >= 4 is 0 Å². The van der Waals surface area contributed by atoms with Gasteiger partial charge in [-0.2, -0.15) is 39.5 Å². The summed E-state index contributed by atoms with van der Waals surface area (Å²) < 4.78 is 122. The first-order valence-corrected chi connectivity index (χ1v) is 14.5. The summed E-state index contributed by atoms with van der Waals surface area (Å²) >= 11 is 0. The number of fused-ring (bicyclic) bond motifs is 5. The maximum atomic E-state index is 13.2. The van der Waals surface area contributed by atoms with E-state index in [2.05, 4.69) is 18.6 Å². The van der Waals surface area contributed by atoms with Crippen LogP contribution in [0.1, 0.15) is 91.4 Å². The molecule has 0 heterocycles. The molecule has 2 N–H and O–H groups in total. The van der Waals surface area contributed by atoms with E-state index >= 15 is 0 Å². The monoisotopic (exact) mass is 595 g/mol. The molecular weight excluding hydrogens is 553 g/mol. The molecule has 9 unspecified atom stereocenters. The van der Waals surface area contributed by atoms with Crippen molar-refractivity contribution in [1.82, 2.24) is 0 Å². The Morgan fingerprint density at radius 2 is 1.35 bits per heavy atom. The van der Waals surface area contributed by atoms with Crippen molar-refractivity contribution in [2.24, 2.45) is 52.2 Å². The SMILES string of the molecule is CC(CCCOC(C(F)(F)F)(C(F)(F)F)C(F)(F)F)C1CCC2C3CCC4CC(ON)CCC4(C)C3CCC12C. The highest BCUT2D eigenvalue weighted by Gasteiger charge is 2.85. The molecule has 0 aromatic rings. The summed E-state index contributed by atoms with van der Waals surface area (Å²) in [6.07, 6.45) is -10.8. The second kappa shape index (κ2) is 10.8. The van der Waals surface area contributed by atoms with E-state index in [-0.39, 0.29) is 41.6 Å². The predicted molar refractivity (Wildman–Crippen MR) is 130 cm³/mol. The lowest BCUT2D eigenvalue weighted by Crippen LogP contribution is -2.67. The van der Waals surface area contributed by atoms with Crippen LogP contribution in [0, 0.1) is 46.3 Å². The van der Waals surface area contributed by atoms with Gasteiger partial charge in [-0.05, 0) is 117 Å². The van der Waals surface area contributed by atoms with E-state index in [1.165, 1.54) is 0 Å². The lowest BCUT2D eigenvalue weighted by molar-refractivity contribution is -0.457. The summed E-state index contributed by atoms with van der Waals surface area (Å²) in [4.78, 5) is 5.18. The Kier molecular flexibility index (Phi) is 8.65. The molecule has 4 aliphatic carbocycles. The van der Waals surface area contributed by atoms with Gasteiger partial charge >= 0.3 is 24.1 Å². The van der Waals surface area contributed by atoms with Crippen molar-refractivity contribution in [1.29, 1.82) is 0 Å². The molecule has 40 heavy (non-hydrogen) atoms. The third-order valence-electron chi connectivity index (χ3n) is 11.9. The highest BCUT2D eigenvalue weighted by atomic mass is 19.4. The normalized spacial score (nSPS) is 39.8. The number of halogens is 9. The first-order valence-electron chi connectivity index (χ1n) is 14.5. The Morgan fingerprint density at radius 3 is 1.93 bits per heavy atom. The van der Waals surface area contributed by atoms with Gasteiger partial charge in [0, 0.05) is 6.61 Å². The van der Waals surface area contributed by atoms with E-state index in [9.17, 15) is 39.5 Å². The molecule has 0 aromatic carbocycles. The van der Waals surface area contributed by atoms with E-state index in [1.54, 1.807) is 0 Å². The van der Waals surface area contributed by atoms with Crippen molar-refractivity contribution in [3.8, 4) is 0 Å². The van der Waals surface area contributed by atoms with Gasteiger partial charge in [0.2, 0.25) is 0 Å². The molecule has 0 aromatic heterocycles. The summed E-state index contributed by atoms with van der Waals surface area (Å²) in [6, 6.07) is 0. The summed E-state index contributed by atoms with van der Waals surface area (Å²) in [7, 11) is 0. The lowest BCUT2D eigenvalue weighted by atomic mass is 9.44. The zero-order valence-electron chi connectivity index (χ0n) is 23.3. The topological polar surface area (TPSA) is 44.5 Å². The standard InChI is InChI=1S/C28H42F9NO2/c1-16(5-4-14-39-25(26(29,30)31,27(32,33)34)28(35,36)37)20-8-9-21-19-7-6-17-15-18(40-38)10-12-23(17,2)22(19)11-13-24(20,21)3/h16-22H,4-15,38H2,1-3H3. The quantitative estimate of drug-likeness (QED) is 0.182. The third-order valence-corrected chi connectivity index (χ3v) is 11.9. The van der Waals surface area contributed by atoms with E-state index in [0.29, 0.717) is 23.7 Å². The van der Waals surface area contributed by atoms with E-state index < -0.39 is 30.7 Å². The molecule has 4 rings (SSSR count). The van der Waals surface area contributed by atoms with Crippen LogP contribution in [0.4, 0.5) is 39.5 Å². The molecule has 0 radical (unpaired) electrons. The zero-order valence-corrected chi connectivity index (χ0v) is 23.3. The Morgan fingerprint density at radius 1 is 0.775 bits per heavy atom. The number of hydrogen-bond donors (Lipinski definition) is 1. The van der Waals surface area contributed by atoms with Gasteiger partial charge in [-0.15, -0.1) is 0 Å². The van der Waals surface area contributed by atoms with Crippen LogP contribution in [0.25, 0.3) is 0 Å². The van der Waals surface area contributed by atoms with Crippen LogP contribution in [0.5, 0.6) is 0 Å². The molecule has 4 saturated carbocycles. The fourth-order valence-corrected chi connectivity index (χ4v) is 9.88. The van der Waals surface area contributed by atoms with E-state index in [0.717, 1.165) is 57.8 Å². The number of rotatable bonds is 7. The third kappa shape index (κ3) is 5.07. The van der Waals surface area contributed by atoms with Crippen LogP contribution in [0.15, 0.2) is 0 Å². The van der Waals surface area contributed by atoms with Crippen LogP contribution in [-0.2, 0) is 9.57 Å². The Balaban J connectivity index is 1.39. The van der Waals surface area contributed by atoms with Crippen LogP contribution < -0.4 is 5.90 Å². The molecular formula is C28H42F9NO2. The number of alkyl halides is 9. The van der Waals surface area contributed by atoms with Crippen molar-refractivity contribution in [3.63, 3.8) is 0 Å². The van der Waals surface area contributed by atoms with Crippen molar-refractivity contribution in [2.75, 3.05) is 6.61 Å². The predicted octanol–water partition coefficient (Wildman–Crippen LogP) is 8.76. The molecule has 234 valence electrons. The van der Waals surface area contributed by atoms with Crippen LogP contribution in [0.2, 0.25) is 0 Å². The molecule has 0 saturated heterocycles. The van der Waals surface area contributed by atoms with Gasteiger partial charge in [0.1, 0.15) is 0 Å². The summed E-state index contributed by atoms with van der Waals surface area (Å²) in [6.45, 7) is 5.32. The minimum Gasteiger partial charge on any atom is -0.351 e. The smallest absolute Gasteiger partial charge is 0.351 e. The molecule has 4 fully saturated rings. The van der Waals surface area contributed by atoms with Gasteiger partial charge in [-0.3, -0.25) is 0 Å². The number of nitrogens with two attached hydrogens (primary N) is 1. The molecule has 0 amide bonds. The molecule has 0 bridgehead atoms. The molecule has 9 atom stereocenters.